The first-order valence-corrected chi connectivity index (χ1v) is 9.47. The lowest BCUT2D eigenvalue weighted by Gasteiger charge is -2.28. The lowest BCUT2D eigenvalue weighted by Crippen LogP contribution is -2.36. The van der Waals surface area contributed by atoms with E-state index in [1.165, 1.54) is 6.92 Å². The summed E-state index contributed by atoms with van der Waals surface area (Å²) in [5.41, 5.74) is 1.79. The predicted octanol–water partition coefficient (Wildman–Crippen LogP) is 3.81. The predicted molar refractivity (Wildman–Crippen MR) is 105 cm³/mol. The van der Waals surface area contributed by atoms with Gasteiger partial charge in [-0.3, -0.25) is 4.79 Å². The zero-order chi connectivity index (χ0) is 18.1. The monoisotopic (exact) mass is 388 g/mol. The minimum Gasteiger partial charge on any atom is -0.378 e. The molecule has 8 heteroatoms. The first kappa shape index (κ1) is 17.2. The van der Waals surface area contributed by atoms with E-state index in [0.717, 1.165) is 45.3 Å². The maximum atomic E-state index is 11.3. The van der Waals surface area contributed by atoms with Crippen LogP contribution in [0.2, 0.25) is 5.28 Å². The van der Waals surface area contributed by atoms with Crippen molar-refractivity contribution < 1.29 is 9.53 Å². The van der Waals surface area contributed by atoms with Crippen LogP contribution in [0, 0.1) is 0 Å². The number of halogens is 1. The highest BCUT2D eigenvalue weighted by atomic mass is 35.5. The van der Waals surface area contributed by atoms with Crippen LogP contribution >= 0.6 is 22.9 Å². The van der Waals surface area contributed by atoms with Crippen LogP contribution in [-0.4, -0.2) is 42.2 Å². The summed E-state index contributed by atoms with van der Waals surface area (Å²) in [6.07, 6.45) is 0. The molecule has 0 spiro atoms. The number of carbonyl (C=O) groups is 1. The zero-order valence-corrected chi connectivity index (χ0v) is 15.7. The fraction of sp³-hybridized carbons (Fsp3) is 0.278. The molecule has 3 aromatic rings. The van der Waals surface area contributed by atoms with Crippen molar-refractivity contribution in [2.75, 3.05) is 36.5 Å². The van der Waals surface area contributed by atoms with Crippen molar-refractivity contribution in [2.45, 2.75) is 6.92 Å². The van der Waals surface area contributed by atoms with Gasteiger partial charge in [0.2, 0.25) is 11.2 Å². The first-order chi connectivity index (χ1) is 12.6. The van der Waals surface area contributed by atoms with Crippen molar-refractivity contribution in [1.29, 1.82) is 0 Å². The number of nitrogens with zero attached hydrogens (tertiary/aromatic N) is 3. The van der Waals surface area contributed by atoms with Crippen molar-refractivity contribution in [2.24, 2.45) is 0 Å². The van der Waals surface area contributed by atoms with Gasteiger partial charge in [0.1, 0.15) is 10.6 Å². The number of nitrogens with one attached hydrogen (secondary N) is 1. The van der Waals surface area contributed by atoms with Crippen LogP contribution in [0.4, 0.5) is 11.5 Å². The highest BCUT2D eigenvalue weighted by Crippen LogP contribution is 2.38. The Labute approximate surface area is 159 Å². The molecule has 1 amide bonds. The van der Waals surface area contributed by atoms with E-state index in [2.05, 4.69) is 26.3 Å². The van der Waals surface area contributed by atoms with Gasteiger partial charge in [-0.05, 0) is 35.4 Å². The lowest BCUT2D eigenvalue weighted by atomic mass is 10.1. The summed E-state index contributed by atoms with van der Waals surface area (Å²) in [5, 5.41) is 4.05. The van der Waals surface area contributed by atoms with E-state index >= 15 is 0 Å². The smallest absolute Gasteiger partial charge is 0.225 e. The number of benzene rings is 1. The molecule has 1 aliphatic rings. The molecular formula is C18H17ClN4O2S. The van der Waals surface area contributed by atoms with Gasteiger partial charge in [0.15, 0.2) is 0 Å². The molecule has 2 aromatic heterocycles. The van der Waals surface area contributed by atoms with Crippen LogP contribution in [0.3, 0.4) is 0 Å². The van der Waals surface area contributed by atoms with Crippen molar-refractivity contribution in [3.05, 3.63) is 35.6 Å². The lowest BCUT2D eigenvalue weighted by molar-refractivity contribution is -0.114. The molecule has 0 unspecified atom stereocenters. The SMILES string of the molecule is CC(=O)Nc1cccc(-c2cc3c(N4CCOCC4)nc(Cl)nc3s2)c1. The Morgan fingerprint density at radius 2 is 2.08 bits per heavy atom. The molecule has 6 nitrogen and oxygen atoms in total. The number of hydrogen-bond donors (Lipinski definition) is 1. The van der Waals surface area contributed by atoms with Gasteiger partial charge in [-0.15, -0.1) is 11.3 Å². The van der Waals surface area contributed by atoms with E-state index in [1.807, 2.05) is 24.3 Å². The molecule has 0 saturated carbocycles. The van der Waals surface area contributed by atoms with Crippen LogP contribution in [0.25, 0.3) is 20.7 Å². The Hall–Kier alpha value is -2.22. The number of carbonyl (C=O) groups excluding carboxylic acids is 1. The Balaban J connectivity index is 1.77. The van der Waals surface area contributed by atoms with Crippen molar-refractivity contribution in [1.82, 2.24) is 9.97 Å². The van der Waals surface area contributed by atoms with Gasteiger partial charge in [-0.2, -0.15) is 4.98 Å². The Kier molecular flexibility index (Phi) is 4.76. The van der Waals surface area contributed by atoms with E-state index in [-0.39, 0.29) is 11.2 Å². The van der Waals surface area contributed by atoms with Gasteiger partial charge in [0, 0.05) is 30.6 Å². The van der Waals surface area contributed by atoms with E-state index in [9.17, 15) is 4.79 Å². The van der Waals surface area contributed by atoms with Crippen LogP contribution < -0.4 is 10.2 Å². The molecular weight excluding hydrogens is 372 g/mol. The molecule has 3 heterocycles. The molecule has 1 N–H and O–H groups in total. The minimum absolute atomic E-state index is 0.0919. The largest absolute Gasteiger partial charge is 0.378 e. The third-order valence-electron chi connectivity index (χ3n) is 4.12. The van der Waals surface area contributed by atoms with E-state index < -0.39 is 0 Å². The number of aromatic nitrogens is 2. The molecule has 0 atom stereocenters. The molecule has 1 saturated heterocycles. The molecule has 26 heavy (non-hydrogen) atoms. The summed E-state index contributed by atoms with van der Waals surface area (Å²) >= 11 is 7.72. The van der Waals surface area contributed by atoms with E-state index in [0.29, 0.717) is 13.2 Å². The maximum absolute atomic E-state index is 11.3. The highest BCUT2D eigenvalue weighted by molar-refractivity contribution is 7.22. The van der Waals surface area contributed by atoms with Crippen LogP contribution in [-0.2, 0) is 9.53 Å². The summed E-state index contributed by atoms with van der Waals surface area (Å²) in [5.74, 6) is 0.759. The number of fused-ring (bicyclic) bond motifs is 1. The normalized spacial score (nSPS) is 14.6. The van der Waals surface area contributed by atoms with Gasteiger partial charge in [0.05, 0.1) is 18.6 Å². The summed E-state index contributed by atoms with van der Waals surface area (Å²) in [6, 6.07) is 9.85. The third-order valence-corrected chi connectivity index (χ3v) is 5.37. The number of anilines is 2. The van der Waals surface area contributed by atoms with Crippen molar-refractivity contribution in [3.8, 4) is 10.4 Å². The topological polar surface area (TPSA) is 67.4 Å². The zero-order valence-electron chi connectivity index (χ0n) is 14.2. The standard InChI is InChI=1S/C18H17ClN4O2S/c1-11(24)20-13-4-2-3-12(9-13)15-10-14-16(23-5-7-25-8-6-23)21-18(19)22-17(14)26-15/h2-4,9-10H,5-8H2,1H3,(H,20,24). The van der Waals surface area contributed by atoms with Gasteiger partial charge in [-0.1, -0.05) is 12.1 Å². The van der Waals surface area contributed by atoms with Gasteiger partial charge < -0.3 is 15.0 Å². The average molecular weight is 389 g/mol. The van der Waals surface area contributed by atoms with Gasteiger partial charge in [-0.25, -0.2) is 4.98 Å². The molecule has 0 aliphatic carbocycles. The Bertz CT molecular complexity index is 969. The summed E-state index contributed by atoms with van der Waals surface area (Å²) in [6.45, 7) is 4.42. The molecule has 1 aromatic carbocycles. The molecule has 0 bridgehead atoms. The molecule has 0 radical (unpaired) electrons. The quantitative estimate of drug-likeness (QED) is 0.691. The van der Waals surface area contributed by atoms with Crippen LogP contribution in [0.1, 0.15) is 6.92 Å². The summed E-state index contributed by atoms with van der Waals surface area (Å²) in [4.78, 5) is 24.2. The maximum Gasteiger partial charge on any atom is 0.225 e. The number of amides is 1. The first-order valence-electron chi connectivity index (χ1n) is 8.28. The van der Waals surface area contributed by atoms with Crippen LogP contribution in [0.15, 0.2) is 30.3 Å². The number of ether oxygens (including phenoxy) is 1. The summed E-state index contributed by atoms with van der Waals surface area (Å²) in [7, 11) is 0. The van der Waals surface area contributed by atoms with Gasteiger partial charge in [0.25, 0.3) is 0 Å². The third kappa shape index (κ3) is 3.51. The summed E-state index contributed by atoms with van der Waals surface area (Å²) < 4.78 is 5.43. The fourth-order valence-corrected chi connectivity index (χ4v) is 4.23. The number of hydrogen-bond acceptors (Lipinski definition) is 6. The second-order valence-corrected chi connectivity index (χ2v) is 7.38. The number of morpholine rings is 1. The highest BCUT2D eigenvalue weighted by Gasteiger charge is 2.19. The van der Waals surface area contributed by atoms with Crippen molar-refractivity contribution >= 4 is 50.6 Å². The molecule has 4 rings (SSSR count). The van der Waals surface area contributed by atoms with E-state index in [1.54, 1.807) is 11.3 Å². The second kappa shape index (κ2) is 7.19. The van der Waals surface area contributed by atoms with Gasteiger partial charge >= 0.3 is 0 Å². The Morgan fingerprint density at radius 3 is 2.85 bits per heavy atom. The molecule has 1 aliphatic heterocycles. The molecule has 1 fully saturated rings. The molecule has 134 valence electrons. The van der Waals surface area contributed by atoms with Crippen molar-refractivity contribution in [3.63, 3.8) is 0 Å². The van der Waals surface area contributed by atoms with Crippen LogP contribution in [0.5, 0.6) is 0 Å². The Morgan fingerprint density at radius 1 is 1.27 bits per heavy atom. The number of thiophene rings is 1. The number of rotatable bonds is 3. The van der Waals surface area contributed by atoms with E-state index in [4.69, 9.17) is 16.3 Å². The second-order valence-electron chi connectivity index (χ2n) is 6.01. The minimum atomic E-state index is -0.0919. The average Bonchev–Trinajstić information content (AvgIpc) is 3.05. The fourth-order valence-electron chi connectivity index (χ4n) is 2.99.